The lowest BCUT2D eigenvalue weighted by Crippen LogP contribution is -2.45. The average Bonchev–Trinajstić information content (AvgIpc) is 2.68. The molecule has 1 aromatic carbocycles. The molecule has 0 spiro atoms. The van der Waals surface area contributed by atoms with Gasteiger partial charge < -0.3 is 4.90 Å². The molecule has 0 amide bonds. The summed E-state index contributed by atoms with van der Waals surface area (Å²) >= 11 is 0. The maximum Gasteiger partial charge on any atom is 0.240 e. The highest BCUT2D eigenvalue weighted by Gasteiger charge is 2.26. The van der Waals surface area contributed by atoms with E-state index in [2.05, 4.69) is 43.4 Å². The van der Waals surface area contributed by atoms with Crippen molar-refractivity contribution in [3.05, 3.63) is 47.9 Å². The molecule has 1 N–H and O–H groups in total. The maximum absolute atomic E-state index is 12.5. The van der Waals surface area contributed by atoms with Crippen molar-refractivity contribution < 1.29 is 8.42 Å². The van der Waals surface area contributed by atoms with E-state index in [0.717, 1.165) is 43.3 Å². The van der Waals surface area contributed by atoms with Gasteiger partial charge in [-0.05, 0) is 30.9 Å². The number of aromatic nitrogens is 2. The summed E-state index contributed by atoms with van der Waals surface area (Å²) in [4.78, 5) is 12.0. The largest absolute Gasteiger partial charge is 0.356 e. The molecule has 7 heteroatoms. The minimum absolute atomic E-state index is 0.0579. The highest BCUT2D eigenvalue weighted by Crippen LogP contribution is 2.25. The van der Waals surface area contributed by atoms with Crippen LogP contribution in [0.1, 0.15) is 63.9 Å². The molecule has 152 valence electrons. The Morgan fingerprint density at radius 3 is 2.21 bits per heavy atom. The Bertz CT molecular complexity index is 864. The van der Waals surface area contributed by atoms with Gasteiger partial charge in [-0.25, -0.2) is 23.1 Å². The lowest BCUT2D eigenvalue weighted by molar-refractivity contribution is 0.457. The van der Waals surface area contributed by atoms with Crippen LogP contribution in [-0.4, -0.2) is 37.5 Å². The predicted octanol–water partition coefficient (Wildman–Crippen LogP) is 3.67. The Balaban J connectivity index is 1.69. The van der Waals surface area contributed by atoms with E-state index in [1.54, 1.807) is 24.3 Å². The molecule has 6 nitrogen and oxygen atoms in total. The third kappa shape index (κ3) is 4.89. The first-order valence-corrected chi connectivity index (χ1v) is 11.5. The summed E-state index contributed by atoms with van der Waals surface area (Å²) < 4.78 is 27.9. The molecular weight excluding hydrogens is 372 g/mol. The van der Waals surface area contributed by atoms with Crippen molar-refractivity contribution in [2.45, 2.75) is 63.3 Å². The fourth-order valence-corrected chi connectivity index (χ4v) is 4.63. The van der Waals surface area contributed by atoms with Gasteiger partial charge >= 0.3 is 0 Å². The fraction of sp³-hybridized carbons (Fsp3) is 0.524. The van der Waals surface area contributed by atoms with E-state index in [0.29, 0.717) is 10.8 Å². The van der Waals surface area contributed by atoms with Gasteiger partial charge in [-0.2, -0.15) is 0 Å². The summed E-state index contributed by atoms with van der Waals surface area (Å²) in [5.74, 6) is 2.43. The second-order valence-electron chi connectivity index (χ2n) is 8.01. The molecule has 0 radical (unpaired) electrons. The number of piperidine rings is 1. The maximum atomic E-state index is 12.5. The van der Waals surface area contributed by atoms with Crippen LogP contribution in [0.15, 0.2) is 41.3 Å². The number of nitrogens with zero attached hydrogens (tertiary/aromatic N) is 3. The second-order valence-corrected chi connectivity index (χ2v) is 9.73. The molecular formula is C21H30N4O2S. The first-order valence-electron chi connectivity index (χ1n) is 9.97. The highest BCUT2D eigenvalue weighted by atomic mass is 32.2. The van der Waals surface area contributed by atoms with Crippen LogP contribution in [0, 0.1) is 0 Å². The zero-order chi connectivity index (χ0) is 20.3. The summed E-state index contributed by atoms with van der Waals surface area (Å²) in [6.07, 6.45) is 1.51. The Labute approximate surface area is 168 Å². The van der Waals surface area contributed by atoms with Crippen LogP contribution in [-0.2, 0) is 10.0 Å². The normalized spacial score (nSPS) is 16.1. The molecule has 1 aromatic heterocycles. The molecule has 0 aliphatic carbocycles. The van der Waals surface area contributed by atoms with Crippen LogP contribution in [0.25, 0.3) is 0 Å². The molecule has 1 aliphatic heterocycles. The van der Waals surface area contributed by atoms with Crippen LogP contribution in [0.2, 0.25) is 0 Å². The van der Waals surface area contributed by atoms with E-state index < -0.39 is 10.0 Å². The van der Waals surface area contributed by atoms with E-state index >= 15 is 0 Å². The molecule has 0 saturated carbocycles. The Morgan fingerprint density at radius 1 is 1.00 bits per heavy atom. The van der Waals surface area contributed by atoms with E-state index in [4.69, 9.17) is 9.97 Å². The lowest BCUT2D eigenvalue weighted by atomic mass is 10.1. The van der Waals surface area contributed by atoms with Crippen molar-refractivity contribution >= 4 is 15.8 Å². The summed E-state index contributed by atoms with van der Waals surface area (Å²) in [5, 5.41) is 0. The molecule has 1 fully saturated rings. The van der Waals surface area contributed by atoms with Gasteiger partial charge in [0.2, 0.25) is 10.0 Å². The number of hydrogen-bond acceptors (Lipinski definition) is 5. The fourth-order valence-electron chi connectivity index (χ4n) is 3.30. The molecule has 0 atom stereocenters. The summed E-state index contributed by atoms with van der Waals surface area (Å²) in [5.41, 5.74) is 1.06. The molecule has 1 aliphatic rings. The Morgan fingerprint density at radius 2 is 1.64 bits per heavy atom. The highest BCUT2D eigenvalue weighted by molar-refractivity contribution is 7.89. The minimum atomic E-state index is -3.47. The topological polar surface area (TPSA) is 75.2 Å². The molecule has 2 heterocycles. The summed E-state index contributed by atoms with van der Waals surface area (Å²) in [7, 11) is -3.47. The second kappa shape index (κ2) is 8.57. The third-order valence-electron chi connectivity index (χ3n) is 5.05. The molecule has 28 heavy (non-hydrogen) atoms. The van der Waals surface area contributed by atoms with Gasteiger partial charge in [0.1, 0.15) is 11.6 Å². The number of hydrogen-bond donors (Lipinski definition) is 1. The standard InChI is InChI=1S/C21H30N4O2S/c1-15(2)19-14-20(23-21(22-19)16(3)4)25-12-10-17(11-13-25)24-28(26,27)18-8-6-5-7-9-18/h5-9,14-17,24H,10-13H2,1-4H3. The van der Waals surface area contributed by atoms with Crippen molar-refractivity contribution in [3.8, 4) is 0 Å². The van der Waals surface area contributed by atoms with Gasteiger partial charge in [-0.3, -0.25) is 0 Å². The van der Waals surface area contributed by atoms with Crippen molar-refractivity contribution in [1.29, 1.82) is 0 Å². The number of benzene rings is 1. The zero-order valence-corrected chi connectivity index (χ0v) is 17.9. The SMILES string of the molecule is CC(C)c1cc(N2CCC(NS(=O)(=O)c3ccccc3)CC2)nc(C(C)C)n1. The first-order chi connectivity index (χ1) is 13.3. The van der Waals surface area contributed by atoms with Crippen molar-refractivity contribution in [1.82, 2.24) is 14.7 Å². The van der Waals surface area contributed by atoms with Crippen LogP contribution in [0.5, 0.6) is 0 Å². The number of nitrogens with one attached hydrogen (secondary N) is 1. The number of rotatable bonds is 6. The molecule has 1 saturated heterocycles. The molecule has 3 rings (SSSR count). The average molecular weight is 403 g/mol. The smallest absolute Gasteiger partial charge is 0.240 e. The van der Waals surface area contributed by atoms with Crippen LogP contribution in [0.4, 0.5) is 5.82 Å². The molecule has 2 aromatic rings. The van der Waals surface area contributed by atoms with Gasteiger partial charge in [0, 0.05) is 36.8 Å². The summed E-state index contributed by atoms with van der Waals surface area (Å²) in [6, 6.07) is 10.6. The van der Waals surface area contributed by atoms with E-state index in [-0.39, 0.29) is 12.0 Å². The van der Waals surface area contributed by atoms with E-state index in [1.807, 2.05) is 6.07 Å². The quantitative estimate of drug-likeness (QED) is 0.798. The Hall–Kier alpha value is -1.99. The first kappa shape index (κ1) is 20.7. The predicted molar refractivity (Wildman–Crippen MR) is 112 cm³/mol. The van der Waals surface area contributed by atoms with Gasteiger partial charge in [0.15, 0.2) is 0 Å². The van der Waals surface area contributed by atoms with Crippen molar-refractivity contribution in [2.75, 3.05) is 18.0 Å². The van der Waals surface area contributed by atoms with Crippen LogP contribution in [0.3, 0.4) is 0 Å². The number of anilines is 1. The molecule has 0 bridgehead atoms. The van der Waals surface area contributed by atoms with Gasteiger partial charge in [-0.15, -0.1) is 0 Å². The third-order valence-corrected chi connectivity index (χ3v) is 6.59. The minimum Gasteiger partial charge on any atom is -0.356 e. The molecule has 0 unspecified atom stereocenters. The number of sulfonamides is 1. The zero-order valence-electron chi connectivity index (χ0n) is 17.1. The van der Waals surface area contributed by atoms with Gasteiger partial charge in [-0.1, -0.05) is 45.9 Å². The van der Waals surface area contributed by atoms with E-state index in [1.165, 1.54) is 0 Å². The monoisotopic (exact) mass is 402 g/mol. The van der Waals surface area contributed by atoms with Crippen LogP contribution < -0.4 is 9.62 Å². The van der Waals surface area contributed by atoms with Crippen molar-refractivity contribution in [2.24, 2.45) is 0 Å². The van der Waals surface area contributed by atoms with Crippen molar-refractivity contribution in [3.63, 3.8) is 0 Å². The lowest BCUT2D eigenvalue weighted by Gasteiger charge is -2.33. The Kier molecular flexibility index (Phi) is 6.35. The van der Waals surface area contributed by atoms with Crippen LogP contribution >= 0.6 is 0 Å². The summed E-state index contributed by atoms with van der Waals surface area (Å²) in [6.45, 7) is 10.0. The van der Waals surface area contributed by atoms with Gasteiger partial charge in [0.05, 0.1) is 4.90 Å². The van der Waals surface area contributed by atoms with E-state index in [9.17, 15) is 8.42 Å². The van der Waals surface area contributed by atoms with Gasteiger partial charge in [0.25, 0.3) is 0 Å².